The Hall–Kier alpha value is -2.28. The first-order valence-electron chi connectivity index (χ1n) is 9.52. The monoisotopic (exact) mass is 387 g/mol. The standard InChI is InChI=1S/C20H29N5OS/c1-4-19-23-16(14-27-19)9-11-22-20(21-2)24-15-10-12-25(13-15)17-7-5-6-8-18(17)26-3/h5-8,14-15H,4,9-13H2,1-3H3,(H2,21,22,24). The summed E-state index contributed by atoms with van der Waals surface area (Å²) in [6.07, 6.45) is 2.99. The largest absolute Gasteiger partial charge is 0.495 e. The molecule has 1 aromatic heterocycles. The number of guanidine groups is 1. The zero-order valence-electron chi connectivity index (χ0n) is 16.4. The van der Waals surface area contributed by atoms with Crippen LogP contribution in [0.2, 0.25) is 0 Å². The molecule has 3 rings (SSSR count). The van der Waals surface area contributed by atoms with Gasteiger partial charge in [-0.2, -0.15) is 0 Å². The molecule has 1 saturated heterocycles. The average Bonchev–Trinajstić information content (AvgIpc) is 3.36. The predicted octanol–water partition coefficient (Wildman–Crippen LogP) is 2.70. The Labute approximate surface area is 165 Å². The van der Waals surface area contributed by atoms with E-state index in [1.165, 1.54) is 5.01 Å². The van der Waals surface area contributed by atoms with Crippen molar-refractivity contribution in [3.05, 3.63) is 40.3 Å². The number of nitrogens with zero attached hydrogens (tertiary/aromatic N) is 3. The molecule has 0 amide bonds. The number of ether oxygens (including phenoxy) is 1. The molecule has 7 heteroatoms. The van der Waals surface area contributed by atoms with Gasteiger partial charge in [-0.1, -0.05) is 19.1 Å². The lowest BCUT2D eigenvalue weighted by molar-refractivity contribution is 0.415. The topological polar surface area (TPSA) is 61.8 Å². The Morgan fingerprint density at radius 2 is 2.26 bits per heavy atom. The summed E-state index contributed by atoms with van der Waals surface area (Å²) in [7, 11) is 3.54. The molecule has 2 aromatic rings. The maximum atomic E-state index is 5.50. The van der Waals surface area contributed by atoms with Crippen LogP contribution in [0.4, 0.5) is 5.69 Å². The summed E-state index contributed by atoms with van der Waals surface area (Å²) >= 11 is 1.74. The van der Waals surface area contributed by atoms with Crippen LogP contribution in [0.15, 0.2) is 34.6 Å². The van der Waals surface area contributed by atoms with E-state index in [9.17, 15) is 0 Å². The number of aryl methyl sites for hydroxylation is 1. The molecular weight excluding hydrogens is 358 g/mol. The average molecular weight is 388 g/mol. The highest BCUT2D eigenvalue weighted by Crippen LogP contribution is 2.30. The molecule has 2 heterocycles. The van der Waals surface area contributed by atoms with Crippen molar-refractivity contribution in [2.45, 2.75) is 32.2 Å². The Morgan fingerprint density at radius 3 is 3.00 bits per heavy atom. The molecule has 0 saturated carbocycles. The molecule has 1 atom stereocenters. The van der Waals surface area contributed by atoms with Gasteiger partial charge in [0.1, 0.15) is 5.75 Å². The summed E-state index contributed by atoms with van der Waals surface area (Å²) in [5.74, 6) is 1.78. The van der Waals surface area contributed by atoms with E-state index in [0.29, 0.717) is 6.04 Å². The van der Waals surface area contributed by atoms with Crippen molar-refractivity contribution in [2.24, 2.45) is 4.99 Å². The summed E-state index contributed by atoms with van der Waals surface area (Å²) in [6, 6.07) is 8.56. The summed E-state index contributed by atoms with van der Waals surface area (Å²) in [6.45, 7) is 4.92. The van der Waals surface area contributed by atoms with Gasteiger partial charge in [0, 0.05) is 44.5 Å². The second-order valence-electron chi connectivity index (χ2n) is 6.58. The molecular formula is C20H29N5OS. The Morgan fingerprint density at radius 1 is 1.41 bits per heavy atom. The molecule has 6 nitrogen and oxygen atoms in total. The van der Waals surface area contributed by atoms with Crippen molar-refractivity contribution in [3.8, 4) is 5.75 Å². The number of nitrogens with one attached hydrogen (secondary N) is 2. The maximum absolute atomic E-state index is 5.50. The summed E-state index contributed by atoms with van der Waals surface area (Å²) in [5, 5.41) is 10.3. The molecule has 1 aliphatic heterocycles. The summed E-state index contributed by atoms with van der Waals surface area (Å²) < 4.78 is 5.50. The zero-order chi connectivity index (χ0) is 19.1. The van der Waals surface area contributed by atoms with Crippen molar-refractivity contribution in [1.29, 1.82) is 0 Å². The van der Waals surface area contributed by atoms with E-state index >= 15 is 0 Å². The molecule has 0 spiro atoms. The van der Waals surface area contributed by atoms with E-state index in [-0.39, 0.29) is 0 Å². The van der Waals surface area contributed by atoms with Gasteiger partial charge in [0.05, 0.1) is 23.5 Å². The van der Waals surface area contributed by atoms with Gasteiger partial charge in [-0.15, -0.1) is 11.3 Å². The predicted molar refractivity (Wildman–Crippen MR) is 113 cm³/mol. The van der Waals surface area contributed by atoms with Crippen molar-refractivity contribution in [3.63, 3.8) is 0 Å². The second-order valence-corrected chi connectivity index (χ2v) is 7.53. The lowest BCUT2D eigenvalue weighted by Gasteiger charge is -2.22. The van der Waals surface area contributed by atoms with Crippen LogP contribution in [0, 0.1) is 0 Å². The van der Waals surface area contributed by atoms with Crippen molar-refractivity contribution in [2.75, 3.05) is 38.7 Å². The van der Waals surface area contributed by atoms with Crippen LogP contribution in [0.5, 0.6) is 5.75 Å². The highest BCUT2D eigenvalue weighted by atomic mass is 32.1. The second kappa shape index (κ2) is 9.60. The summed E-state index contributed by atoms with van der Waals surface area (Å²) in [4.78, 5) is 11.3. The Kier molecular flexibility index (Phi) is 6.92. The number of aromatic nitrogens is 1. The van der Waals surface area contributed by atoms with Gasteiger partial charge in [-0.3, -0.25) is 4.99 Å². The smallest absolute Gasteiger partial charge is 0.191 e. The number of hydrogen-bond acceptors (Lipinski definition) is 5. The van der Waals surface area contributed by atoms with Gasteiger partial charge in [-0.05, 0) is 25.0 Å². The van der Waals surface area contributed by atoms with E-state index in [2.05, 4.69) is 49.9 Å². The van der Waals surface area contributed by atoms with Gasteiger partial charge in [0.2, 0.25) is 0 Å². The maximum Gasteiger partial charge on any atom is 0.191 e. The fourth-order valence-electron chi connectivity index (χ4n) is 3.31. The van der Waals surface area contributed by atoms with Crippen LogP contribution in [-0.2, 0) is 12.8 Å². The van der Waals surface area contributed by atoms with Crippen LogP contribution >= 0.6 is 11.3 Å². The highest BCUT2D eigenvalue weighted by molar-refractivity contribution is 7.09. The number of para-hydroxylation sites is 2. The number of benzene rings is 1. The molecule has 0 bridgehead atoms. The third-order valence-corrected chi connectivity index (χ3v) is 5.80. The number of hydrogen-bond donors (Lipinski definition) is 2. The lowest BCUT2D eigenvalue weighted by atomic mass is 10.2. The van der Waals surface area contributed by atoms with E-state index in [1.54, 1.807) is 18.4 Å². The first-order chi connectivity index (χ1) is 13.2. The molecule has 27 heavy (non-hydrogen) atoms. The highest BCUT2D eigenvalue weighted by Gasteiger charge is 2.25. The van der Waals surface area contributed by atoms with E-state index in [0.717, 1.165) is 62.0 Å². The quantitative estimate of drug-likeness (QED) is 0.565. The number of rotatable bonds is 7. The van der Waals surface area contributed by atoms with Crippen LogP contribution in [0.1, 0.15) is 24.0 Å². The number of methoxy groups -OCH3 is 1. The van der Waals surface area contributed by atoms with E-state index in [1.807, 2.05) is 19.2 Å². The number of aliphatic imine (C=N–C) groups is 1. The molecule has 1 aromatic carbocycles. The van der Waals surface area contributed by atoms with Crippen molar-refractivity contribution in [1.82, 2.24) is 15.6 Å². The number of anilines is 1. The molecule has 1 aliphatic rings. The minimum atomic E-state index is 0.368. The molecule has 2 N–H and O–H groups in total. The number of thiazole rings is 1. The lowest BCUT2D eigenvalue weighted by Crippen LogP contribution is -2.45. The van der Waals surface area contributed by atoms with Gasteiger partial charge in [0.25, 0.3) is 0 Å². The minimum Gasteiger partial charge on any atom is -0.495 e. The molecule has 1 fully saturated rings. The molecule has 1 unspecified atom stereocenters. The molecule has 146 valence electrons. The van der Waals surface area contributed by atoms with Gasteiger partial charge in [-0.25, -0.2) is 4.98 Å². The fraction of sp³-hybridized carbons (Fsp3) is 0.500. The normalized spacial score (nSPS) is 17.2. The molecule has 0 aliphatic carbocycles. The fourth-order valence-corrected chi connectivity index (χ4v) is 4.09. The molecule has 0 radical (unpaired) electrons. The van der Waals surface area contributed by atoms with Crippen LogP contribution in [-0.4, -0.2) is 50.8 Å². The van der Waals surface area contributed by atoms with Crippen LogP contribution < -0.4 is 20.3 Å². The SMILES string of the molecule is CCc1nc(CCNC(=NC)NC2CCN(c3ccccc3OC)C2)cs1. The Bertz CT molecular complexity index is 760. The summed E-state index contributed by atoms with van der Waals surface area (Å²) in [5.41, 5.74) is 2.31. The zero-order valence-corrected chi connectivity index (χ0v) is 17.2. The third kappa shape index (κ3) is 5.13. The van der Waals surface area contributed by atoms with Crippen LogP contribution in [0.3, 0.4) is 0 Å². The van der Waals surface area contributed by atoms with Crippen molar-refractivity contribution < 1.29 is 4.74 Å². The first kappa shape index (κ1) is 19.5. The van der Waals surface area contributed by atoms with E-state index in [4.69, 9.17) is 4.74 Å². The minimum absolute atomic E-state index is 0.368. The van der Waals surface area contributed by atoms with Crippen molar-refractivity contribution >= 4 is 23.0 Å². The third-order valence-electron chi connectivity index (χ3n) is 4.75. The van der Waals surface area contributed by atoms with Gasteiger partial charge in [0.15, 0.2) is 5.96 Å². The van der Waals surface area contributed by atoms with Gasteiger partial charge < -0.3 is 20.3 Å². The van der Waals surface area contributed by atoms with Crippen LogP contribution in [0.25, 0.3) is 0 Å². The first-order valence-corrected chi connectivity index (χ1v) is 10.4. The Balaban J connectivity index is 1.47. The van der Waals surface area contributed by atoms with E-state index < -0.39 is 0 Å². The van der Waals surface area contributed by atoms with Gasteiger partial charge >= 0.3 is 0 Å².